The first-order valence-electron chi connectivity index (χ1n) is 11.2. The Morgan fingerprint density at radius 3 is 2.41 bits per heavy atom. The average molecular weight is 398 g/mol. The number of nitrogens with zero attached hydrogens (tertiary/aromatic N) is 1. The summed E-state index contributed by atoms with van der Waals surface area (Å²) in [6, 6.07) is 0.487. The van der Waals surface area contributed by atoms with Crippen LogP contribution < -0.4 is 10.6 Å². The van der Waals surface area contributed by atoms with Crippen LogP contribution in [0.25, 0.3) is 0 Å². The Morgan fingerprint density at radius 1 is 0.963 bits per heavy atom. The molecule has 2 aliphatic carbocycles. The molecule has 3 fully saturated rings. The first kappa shape index (κ1) is 20.9. The Balaban J connectivity index is 1.56. The van der Waals surface area contributed by atoms with Crippen LogP contribution in [0.15, 0.2) is 4.99 Å². The predicted octanol–water partition coefficient (Wildman–Crippen LogP) is 3.36. The Bertz CT molecular complexity index is 599. The topological polar surface area (TPSA) is 70.6 Å². The van der Waals surface area contributed by atoms with Crippen LogP contribution in [0.2, 0.25) is 0 Å². The van der Waals surface area contributed by atoms with Crippen molar-refractivity contribution in [3.8, 4) is 0 Å². The fourth-order valence-corrected chi connectivity index (χ4v) is 6.74. The minimum absolute atomic E-state index is 0.189. The lowest BCUT2D eigenvalue weighted by molar-refractivity contribution is 0.239. The van der Waals surface area contributed by atoms with Crippen LogP contribution in [-0.2, 0) is 9.84 Å². The molecule has 0 bridgehead atoms. The molecule has 2 N–H and O–H groups in total. The quantitative estimate of drug-likeness (QED) is 0.551. The summed E-state index contributed by atoms with van der Waals surface area (Å²) in [5, 5.41) is 7.28. The summed E-state index contributed by atoms with van der Waals surface area (Å²) in [5.74, 6) is 4.06. The maximum atomic E-state index is 11.7. The maximum absolute atomic E-state index is 11.7. The number of rotatable bonds is 5. The third-order valence-corrected chi connectivity index (χ3v) is 8.89. The smallest absolute Gasteiger partial charge is 0.191 e. The SMILES string of the molecule is CC1CCC(NC(=NCC2CCS(=O)(=O)C2)NCC2CCCCC2)CC1C. The highest BCUT2D eigenvalue weighted by Crippen LogP contribution is 2.29. The first-order chi connectivity index (χ1) is 12.9. The standard InChI is InChI=1S/C21H39N3O2S/c1-16-8-9-20(12-17(16)2)24-21(22-13-18-6-4-3-5-7-18)23-14-19-10-11-27(25,26)15-19/h16-20H,3-15H2,1-2H3,(H2,22,23,24). The number of guanidine groups is 1. The lowest BCUT2D eigenvalue weighted by atomic mass is 9.79. The Hall–Kier alpha value is -0.780. The van der Waals surface area contributed by atoms with Gasteiger partial charge in [0, 0.05) is 19.1 Å². The van der Waals surface area contributed by atoms with Crippen LogP contribution >= 0.6 is 0 Å². The molecule has 4 atom stereocenters. The molecule has 5 nitrogen and oxygen atoms in total. The van der Waals surface area contributed by atoms with E-state index in [-0.39, 0.29) is 5.92 Å². The largest absolute Gasteiger partial charge is 0.356 e. The Kier molecular flexibility index (Phi) is 7.46. The summed E-state index contributed by atoms with van der Waals surface area (Å²) in [6.07, 6.45) is 11.2. The van der Waals surface area contributed by atoms with Gasteiger partial charge in [-0.25, -0.2) is 8.42 Å². The van der Waals surface area contributed by atoms with Gasteiger partial charge in [-0.1, -0.05) is 33.1 Å². The Labute approximate surface area is 166 Å². The summed E-state index contributed by atoms with van der Waals surface area (Å²) in [7, 11) is -2.82. The molecule has 156 valence electrons. The molecule has 0 aromatic rings. The van der Waals surface area contributed by atoms with Crippen molar-refractivity contribution >= 4 is 15.8 Å². The van der Waals surface area contributed by atoms with Crippen molar-refractivity contribution in [1.82, 2.24) is 10.6 Å². The summed E-state index contributed by atoms with van der Waals surface area (Å²) in [4.78, 5) is 4.82. The highest BCUT2D eigenvalue weighted by molar-refractivity contribution is 7.91. The highest BCUT2D eigenvalue weighted by atomic mass is 32.2. The van der Waals surface area contributed by atoms with Gasteiger partial charge in [0.15, 0.2) is 15.8 Å². The molecule has 4 unspecified atom stereocenters. The summed E-state index contributed by atoms with van der Waals surface area (Å²) < 4.78 is 23.4. The van der Waals surface area contributed by atoms with Gasteiger partial charge in [0.25, 0.3) is 0 Å². The molecule has 1 aliphatic heterocycles. The van der Waals surface area contributed by atoms with Gasteiger partial charge in [-0.05, 0) is 62.2 Å². The molecule has 27 heavy (non-hydrogen) atoms. The molecule has 0 spiro atoms. The van der Waals surface area contributed by atoms with Crippen LogP contribution in [0.1, 0.15) is 71.6 Å². The number of aliphatic imine (C=N–C) groups is 1. The van der Waals surface area contributed by atoms with Gasteiger partial charge in [-0.3, -0.25) is 4.99 Å². The van der Waals surface area contributed by atoms with Crippen LogP contribution in [0.3, 0.4) is 0 Å². The molecule has 2 saturated carbocycles. The average Bonchev–Trinajstić information content (AvgIpc) is 3.00. The zero-order chi connectivity index (χ0) is 19.3. The van der Waals surface area contributed by atoms with E-state index in [2.05, 4.69) is 24.5 Å². The van der Waals surface area contributed by atoms with Crippen molar-refractivity contribution in [2.24, 2.45) is 28.7 Å². The summed E-state index contributed by atoms with van der Waals surface area (Å²) in [6.45, 7) is 6.33. The van der Waals surface area contributed by atoms with E-state index in [9.17, 15) is 8.42 Å². The number of hydrogen-bond donors (Lipinski definition) is 2. The molecular formula is C21H39N3O2S. The second-order valence-electron chi connectivity index (χ2n) is 9.45. The van der Waals surface area contributed by atoms with Crippen molar-refractivity contribution in [3.63, 3.8) is 0 Å². The van der Waals surface area contributed by atoms with E-state index in [0.29, 0.717) is 24.1 Å². The van der Waals surface area contributed by atoms with Gasteiger partial charge in [-0.15, -0.1) is 0 Å². The van der Waals surface area contributed by atoms with Crippen molar-refractivity contribution < 1.29 is 8.42 Å². The van der Waals surface area contributed by atoms with Crippen molar-refractivity contribution in [2.45, 2.75) is 77.7 Å². The highest BCUT2D eigenvalue weighted by Gasteiger charge is 2.28. The van der Waals surface area contributed by atoms with Crippen LogP contribution in [0, 0.1) is 23.7 Å². The zero-order valence-corrected chi connectivity index (χ0v) is 18.1. The van der Waals surface area contributed by atoms with E-state index in [4.69, 9.17) is 4.99 Å². The third-order valence-electron chi connectivity index (χ3n) is 7.06. The molecule has 6 heteroatoms. The molecule has 3 aliphatic rings. The van der Waals surface area contributed by atoms with Crippen LogP contribution in [0.4, 0.5) is 0 Å². The second-order valence-corrected chi connectivity index (χ2v) is 11.7. The van der Waals surface area contributed by atoms with Crippen molar-refractivity contribution in [2.75, 3.05) is 24.6 Å². The van der Waals surface area contributed by atoms with Gasteiger partial charge in [0.1, 0.15) is 0 Å². The number of hydrogen-bond acceptors (Lipinski definition) is 3. The first-order valence-corrected chi connectivity index (χ1v) is 13.0. The Morgan fingerprint density at radius 2 is 1.74 bits per heavy atom. The number of sulfone groups is 1. The van der Waals surface area contributed by atoms with Gasteiger partial charge in [0.05, 0.1) is 11.5 Å². The van der Waals surface area contributed by atoms with E-state index < -0.39 is 9.84 Å². The number of nitrogens with one attached hydrogen (secondary N) is 2. The zero-order valence-electron chi connectivity index (χ0n) is 17.3. The lowest BCUT2D eigenvalue weighted by Gasteiger charge is -2.33. The summed E-state index contributed by atoms with van der Waals surface area (Å²) in [5.41, 5.74) is 0. The van der Waals surface area contributed by atoms with Gasteiger partial charge in [-0.2, -0.15) is 0 Å². The van der Waals surface area contributed by atoms with Crippen LogP contribution in [-0.4, -0.2) is 45.0 Å². The monoisotopic (exact) mass is 397 g/mol. The molecule has 1 heterocycles. The van der Waals surface area contributed by atoms with E-state index in [1.54, 1.807) is 0 Å². The van der Waals surface area contributed by atoms with Gasteiger partial charge in [0.2, 0.25) is 0 Å². The minimum atomic E-state index is -2.82. The molecule has 0 aromatic heterocycles. The van der Waals surface area contributed by atoms with Crippen molar-refractivity contribution in [3.05, 3.63) is 0 Å². The summed E-state index contributed by atoms with van der Waals surface area (Å²) >= 11 is 0. The fraction of sp³-hybridized carbons (Fsp3) is 0.952. The van der Waals surface area contributed by atoms with E-state index >= 15 is 0 Å². The second kappa shape index (κ2) is 9.62. The van der Waals surface area contributed by atoms with Crippen molar-refractivity contribution in [1.29, 1.82) is 0 Å². The van der Waals surface area contributed by atoms with Gasteiger partial charge < -0.3 is 10.6 Å². The molecule has 1 saturated heterocycles. The van der Waals surface area contributed by atoms with E-state index in [1.165, 1.54) is 51.4 Å². The fourth-order valence-electron chi connectivity index (χ4n) is 4.89. The third kappa shape index (κ3) is 6.65. The lowest BCUT2D eigenvalue weighted by Crippen LogP contribution is -2.47. The van der Waals surface area contributed by atoms with Crippen LogP contribution in [0.5, 0.6) is 0 Å². The molecule has 0 aromatic carbocycles. The molecule has 3 rings (SSSR count). The molecular weight excluding hydrogens is 358 g/mol. The normalized spacial score (nSPS) is 35.1. The molecule has 0 radical (unpaired) electrons. The predicted molar refractivity (Wildman–Crippen MR) is 113 cm³/mol. The van der Waals surface area contributed by atoms with E-state index in [0.717, 1.165) is 36.7 Å². The molecule has 0 amide bonds. The van der Waals surface area contributed by atoms with Gasteiger partial charge >= 0.3 is 0 Å². The maximum Gasteiger partial charge on any atom is 0.191 e. The minimum Gasteiger partial charge on any atom is -0.356 e. The van der Waals surface area contributed by atoms with E-state index in [1.807, 2.05) is 0 Å².